The summed E-state index contributed by atoms with van der Waals surface area (Å²) in [7, 11) is 1.58. The summed E-state index contributed by atoms with van der Waals surface area (Å²) >= 11 is 3.44. The Morgan fingerprint density at radius 2 is 2.21 bits per heavy atom. The second kappa shape index (κ2) is 6.48. The minimum atomic E-state index is -0.491. The van der Waals surface area contributed by atoms with Gasteiger partial charge < -0.3 is 5.32 Å². The highest BCUT2D eigenvalue weighted by atomic mass is 79.9. The third-order valence-corrected chi connectivity index (χ3v) is 4.13. The third kappa shape index (κ3) is 2.92. The van der Waals surface area contributed by atoms with Gasteiger partial charge in [-0.15, -0.1) is 6.58 Å². The minimum absolute atomic E-state index is 0.338. The van der Waals surface area contributed by atoms with Crippen molar-refractivity contribution in [1.82, 2.24) is 19.1 Å². The predicted octanol–water partition coefficient (Wildman–Crippen LogP) is 1.83. The lowest BCUT2D eigenvalue weighted by atomic mass is 10.2. The number of aryl methyl sites for hydroxylation is 1. The zero-order chi connectivity index (χ0) is 17.3. The summed E-state index contributed by atoms with van der Waals surface area (Å²) in [5.41, 5.74) is 0.740. The standard InChI is InChI=1S/C16H16BrN5O2/c1-3-7-18-15-19-13-12(14(23)20-16(24)21(13)2)22(15)9-10-5-4-6-11(17)8-10/h3-6,8H,1,7,9H2,2H3,(H,18,19)(H,20,23,24). The average Bonchev–Trinajstić information content (AvgIpc) is 2.90. The van der Waals surface area contributed by atoms with Crippen molar-refractivity contribution < 1.29 is 0 Å². The molecule has 0 saturated carbocycles. The van der Waals surface area contributed by atoms with Crippen LogP contribution in [0.25, 0.3) is 11.2 Å². The Morgan fingerprint density at radius 1 is 1.42 bits per heavy atom. The van der Waals surface area contributed by atoms with Gasteiger partial charge in [0, 0.05) is 18.1 Å². The molecule has 3 aromatic rings. The number of nitrogens with one attached hydrogen (secondary N) is 2. The van der Waals surface area contributed by atoms with Crippen molar-refractivity contribution in [2.75, 3.05) is 11.9 Å². The first-order chi connectivity index (χ1) is 11.5. The molecule has 0 unspecified atom stereocenters. The first-order valence-electron chi connectivity index (χ1n) is 7.30. The summed E-state index contributed by atoms with van der Waals surface area (Å²) in [6, 6.07) is 7.79. The van der Waals surface area contributed by atoms with E-state index in [2.05, 4.69) is 37.8 Å². The first kappa shape index (κ1) is 16.3. The molecule has 0 amide bonds. The zero-order valence-electron chi connectivity index (χ0n) is 13.0. The van der Waals surface area contributed by atoms with E-state index in [1.165, 1.54) is 4.57 Å². The van der Waals surface area contributed by atoms with E-state index in [9.17, 15) is 9.59 Å². The van der Waals surface area contributed by atoms with Gasteiger partial charge >= 0.3 is 5.69 Å². The number of imidazole rings is 1. The molecule has 0 spiro atoms. The Labute approximate surface area is 145 Å². The van der Waals surface area contributed by atoms with E-state index in [-0.39, 0.29) is 0 Å². The summed E-state index contributed by atoms with van der Waals surface area (Å²) in [6.07, 6.45) is 1.70. The Morgan fingerprint density at radius 3 is 2.92 bits per heavy atom. The highest BCUT2D eigenvalue weighted by molar-refractivity contribution is 9.10. The van der Waals surface area contributed by atoms with Gasteiger partial charge in [-0.05, 0) is 17.7 Å². The molecule has 8 heteroatoms. The van der Waals surface area contributed by atoms with E-state index >= 15 is 0 Å². The fraction of sp³-hybridized carbons (Fsp3) is 0.188. The maximum Gasteiger partial charge on any atom is 0.329 e. The van der Waals surface area contributed by atoms with Crippen LogP contribution in [-0.2, 0) is 13.6 Å². The fourth-order valence-electron chi connectivity index (χ4n) is 2.50. The molecule has 1 aromatic carbocycles. The average molecular weight is 390 g/mol. The Bertz CT molecular complexity index is 1030. The number of anilines is 1. The SMILES string of the molecule is C=CCNc1nc2c(c(=O)[nH]c(=O)n2C)n1Cc1cccc(Br)c1. The predicted molar refractivity (Wildman–Crippen MR) is 97.5 cm³/mol. The monoisotopic (exact) mass is 389 g/mol. The Balaban J connectivity index is 2.23. The van der Waals surface area contributed by atoms with Crippen molar-refractivity contribution in [2.45, 2.75) is 6.54 Å². The van der Waals surface area contributed by atoms with Crippen LogP contribution in [0.2, 0.25) is 0 Å². The van der Waals surface area contributed by atoms with Crippen molar-refractivity contribution >= 4 is 33.0 Å². The fourth-order valence-corrected chi connectivity index (χ4v) is 2.95. The van der Waals surface area contributed by atoms with E-state index < -0.39 is 11.2 Å². The van der Waals surface area contributed by atoms with Crippen LogP contribution >= 0.6 is 15.9 Å². The molecule has 0 aliphatic heterocycles. The Hall–Kier alpha value is -2.61. The normalized spacial score (nSPS) is 10.9. The number of benzene rings is 1. The maximum absolute atomic E-state index is 12.3. The first-order valence-corrected chi connectivity index (χ1v) is 8.09. The molecule has 0 aliphatic carbocycles. The van der Waals surface area contributed by atoms with E-state index in [1.54, 1.807) is 17.7 Å². The van der Waals surface area contributed by atoms with Crippen molar-refractivity contribution in [3.63, 3.8) is 0 Å². The summed E-state index contributed by atoms with van der Waals surface area (Å²) in [5, 5.41) is 3.12. The van der Waals surface area contributed by atoms with Crippen LogP contribution in [0.15, 0.2) is 51.0 Å². The highest BCUT2D eigenvalue weighted by Gasteiger charge is 2.17. The summed E-state index contributed by atoms with van der Waals surface area (Å²) in [5.74, 6) is 0.511. The van der Waals surface area contributed by atoms with E-state index in [4.69, 9.17) is 0 Å². The molecule has 2 N–H and O–H groups in total. The summed E-state index contributed by atoms with van der Waals surface area (Å²) < 4.78 is 4.04. The van der Waals surface area contributed by atoms with E-state index in [0.29, 0.717) is 30.2 Å². The zero-order valence-corrected chi connectivity index (χ0v) is 14.6. The quantitative estimate of drug-likeness (QED) is 0.651. The van der Waals surface area contributed by atoms with Gasteiger partial charge in [-0.3, -0.25) is 18.9 Å². The van der Waals surface area contributed by atoms with Crippen LogP contribution in [0.5, 0.6) is 0 Å². The van der Waals surface area contributed by atoms with Gasteiger partial charge in [-0.25, -0.2) is 4.79 Å². The second-order valence-electron chi connectivity index (χ2n) is 5.31. The molecule has 7 nitrogen and oxygen atoms in total. The molecular weight excluding hydrogens is 374 g/mol. The van der Waals surface area contributed by atoms with Gasteiger partial charge in [0.2, 0.25) is 5.95 Å². The summed E-state index contributed by atoms with van der Waals surface area (Å²) in [4.78, 5) is 30.9. The third-order valence-electron chi connectivity index (χ3n) is 3.64. The lowest BCUT2D eigenvalue weighted by molar-refractivity contribution is 0.808. The number of fused-ring (bicyclic) bond motifs is 1. The van der Waals surface area contributed by atoms with Gasteiger partial charge in [-0.2, -0.15) is 4.98 Å². The second-order valence-corrected chi connectivity index (χ2v) is 6.23. The molecule has 0 atom stereocenters. The molecule has 0 aliphatic rings. The van der Waals surface area contributed by atoms with E-state index in [0.717, 1.165) is 10.0 Å². The lowest BCUT2D eigenvalue weighted by Crippen LogP contribution is -2.29. The molecule has 3 rings (SSSR count). The van der Waals surface area contributed by atoms with Gasteiger partial charge in [0.15, 0.2) is 11.2 Å². The molecule has 124 valence electrons. The van der Waals surface area contributed by atoms with Crippen LogP contribution < -0.4 is 16.6 Å². The van der Waals surface area contributed by atoms with Gasteiger partial charge in [0.05, 0.1) is 6.54 Å². The Kier molecular flexibility index (Phi) is 4.39. The summed E-state index contributed by atoms with van der Waals surface area (Å²) in [6.45, 7) is 4.61. The van der Waals surface area contributed by atoms with Crippen LogP contribution in [0.4, 0.5) is 5.95 Å². The number of rotatable bonds is 5. The highest BCUT2D eigenvalue weighted by Crippen LogP contribution is 2.19. The number of H-pyrrole nitrogens is 1. The number of aromatic nitrogens is 4. The van der Waals surface area contributed by atoms with E-state index in [1.807, 2.05) is 24.3 Å². The van der Waals surface area contributed by atoms with Gasteiger partial charge in [0.1, 0.15) is 0 Å². The molecule has 24 heavy (non-hydrogen) atoms. The van der Waals surface area contributed by atoms with Crippen LogP contribution in [0.3, 0.4) is 0 Å². The molecule has 0 fully saturated rings. The number of hydrogen-bond acceptors (Lipinski definition) is 4. The number of hydrogen-bond donors (Lipinski definition) is 2. The lowest BCUT2D eigenvalue weighted by Gasteiger charge is -2.10. The van der Waals surface area contributed by atoms with Crippen molar-refractivity contribution in [1.29, 1.82) is 0 Å². The molecule has 0 bridgehead atoms. The number of nitrogens with zero attached hydrogens (tertiary/aromatic N) is 3. The molecule has 2 aromatic heterocycles. The minimum Gasteiger partial charge on any atom is -0.352 e. The van der Waals surface area contributed by atoms with Crippen molar-refractivity contribution in [2.24, 2.45) is 7.05 Å². The number of aromatic amines is 1. The van der Waals surface area contributed by atoms with Gasteiger partial charge in [-0.1, -0.05) is 34.1 Å². The largest absolute Gasteiger partial charge is 0.352 e. The molecular formula is C16H16BrN5O2. The maximum atomic E-state index is 12.3. The van der Waals surface area contributed by atoms with Crippen molar-refractivity contribution in [3.8, 4) is 0 Å². The molecule has 2 heterocycles. The molecule has 0 radical (unpaired) electrons. The number of halogens is 1. The van der Waals surface area contributed by atoms with Crippen LogP contribution in [0.1, 0.15) is 5.56 Å². The molecule has 0 saturated heterocycles. The topological polar surface area (TPSA) is 84.7 Å². The van der Waals surface area contributed by atoms with Crippen LogP contribution in [0, 0.1) is 0 Å². The smallest absolute Gasteiger partial charge is 0.329 e. The van der Waals surface area contributed by atoms with Crippen molar-refractivity contribution in [3.05, 3.63) is 67.8 Å². The van der Waals surface area contributed by atoms with Gasteiger partial charge in [0.25, 0.3) is 5.56 Å². The van der Waals surface area contributed by atoms with Crippen LogP contribution in [-0.4, -0.2) is 25.6 Å².